The fourth-order valence-corrected chi connectivity index (χ4v) is 2.78. The van der Waals surface area contributed by atoms with Gasteiger partial charge in [0.05, 0.1) is 10.7 Å². The Morgan fingerprint density at radius 2 is 1.63 bits per heavy atom. The minimum atomic E-state index is -0.440. The molecule has 1 heterocycles. The van der Waals surface area contributed by atoms with Gasteiger partial charge in [-0.1, -0.05) is 41.4 Å². The molecule has 0 aliphatic rings. The SMILES string of the molecule is Cc1ccc(NC(=O)c2ccnc(C(=O)Nc3ccccc3Cl)c2)c(C)c1. The second kappa shape index (κ2) is 8.01. The van der Waals surface area contributed by atoms with Crippen LogP contribution in [-0.4, -0.2) is 16.8 Å². The number of nitrogens with zero attached hydrogens (tertiary/aromatic N) is 1. The second-order valence-electron chi connectivity index (χ2n) is 6.14. The number of carbonyl (C=O) groups excluding carboxylic acids is 2. The van der Waals surface area contributed by atoms with Crippen LogP contribution in [0.1, 0.15) is 32.0 Å². The van der Waals surface area contributed by atoms with Gasteiger partial charge in [0.25, 0.3) is 11.8 Å². The van der Waals surface area contributed by atoms with Crippen LogP contribution in [0.5, 0.6) is 0 Å². The number of benzene rings is 2. The lowest BCUT2D eigenvalue weighted by atomic mass is 10.1. The molecule has 0 radical (unpaired) electrons. The molecule has 0 aliphatic heterocycles. The number of para-hydroxylation sites is 1. The molecule has 3 rings (SSSR count). The molecule has 0 saturated carbocycles. The zero-order valence-corrected chi connectivity index (χ0v) is 15.7. The fraction of sp³-hybridized carbons (Fsp3) is 0.0952. The van der Waals surface area contributed by atoms with Crippen molar-refractivity contribution in [3.8, 4) is 0 Å². The first kappa shape index (κ1) is 18.6. The van der Waals surface area contributed by atoms with E-state index in [1.54, 1.807) is 30.3 Å². The van der Waals surface area contributed by atoms with Gasteiger partial charge in [-0.15, -0.1) is 0 Å². The molecule has 0 fully saturated rings. The minimum Gasteiger partial charge on any atom is -0.322 e. The van der Waals surface area contributed by atoms with Gasteiger partial charge in [-0.25, -0.2) is 0 Å². The smallest absolute Gasteiger partial charge is 0.274 e. The Bertz CT molecular complexity index is 1020. The average molecular weight is 380 g/mol. The van der Waals surface area contributed by atoms with Crippen molar-refractivity contribution in [3.05, 3.63) is 88.2 Å². The number of aromatic nitrogens is 1. The first-order valence-electron chi connectivity index (χ1n) is 8.34. The summed E-state index contributed by atoms with van der Waals surface area (Å²) < 4.78 is 0. The van der Waals surface area contributed by atoms with E-state index in [2.05, 4.69) is 15.6 Å². The predicted molar refractivity (Wildman–Crippen MR) is 108 cm³/mol. The molecule has 2 aromatic carbocycles. The average Bonchev–Trinajstić information content (AvgIpc) is 2.66. The molecular weight excluding hydrogens is 362 g/mol. The van der Waals surface area contributed by atoms with Crippen LogP contribution in [0.4, 0.5) is 11.4 Å². The number of halogens is 1. The van der Waals surface area contributed by atoms with Crippen LogP contribution >= 0.6 is 11.6 Å². The Morgan fingerprint density at radius 3 is 2.37 bits per heavy atom. The van der Waals surface area contributed by atoms with Crippen LogP contribution in [0.3, 0.4) is 0 Å². The summed E-state index contributed by atoms with van der Waals surface area (Å²) in [6.07, 6.45) is 1.43. The van der Waals surface area contributed by atoms with Crippen LogP contribution in [0.25, 0.3) is 0 Å². The molecule has 0 unspecified atom stereocenters. The lowest BCUT2D eigenvalue weighted by Gasteiger charge is -2.10. The van der Waals surface area contributed by atoms with Gasteiger partial charge in [0.2, 0.25) is 0 Å². The summed E-state index contributed by atoms with van der Waals surface area (Å²) in [5.74, 6) is -0.750. The molecule has 0 bridgehead atoms. The number of aryl methyl sites for hydroxylation is 2. The van der Waals surface area contributed by atoms with Gasteiger partial charge in [-0.05, 0) is 49.7 Å². The summed E-state index contributed by atoms with van der Waals surface area (Å²) in [4.78, 5) is 29.0. The van der Waals surface area contributed by atoms with Gasteiger partial charge >= 0.3 is 0 Å². The summed E-state index contributed by atoms with van der Waals surface area (Å²) in [6.45, 7) is 3.92. The molecule has 1 aromatic heterocycles. The first-order chi connectivity index (χ1) is 12.9. The highest BCUT2D eigenvalue weighted by Gasteiger charge is 2.14. The number of carbonyl (C=O) groups is 2. The van der Waals surface area contributed by atoms with Crippen LogP contribution in [0.2, 0.25) is 5.02 Å². The van der Waals surface area contributed by atoms with Crippen LogP contribution in [0.15, 0.2) is 60.8 Å². The Labute approximate surface area is 162 Å². The van der Waals surface area contributed by atoms with Crippen molar-refractivity contribution in [3.63, 3.8) is 0 Å². The maximum atomic E-state index is 12.5. The van der Waals surface area contributed by atoms with Crippen molar-refractivity contribution in [2.24, 2.45) is 0 Å². The highest BCUT2D eigenvalue weighted by molar-refractivity contribution is 6.33. The largest absolute Gasteiger partial charge is 0.322 e. The van der Waals surface area contributed by atoms with Crippen molar-refractivity contribution in [2.75, 3.05) is 10.6 Å². The van der Waals surface area contributed by atoms with E-state index in [1.807, 2.05) is 32.0 Å². The molecular formula is C21H18ClN3O2. The molecule has 0 aliphatic carbocycles. The third kappa shape index (κ3) is 4.51. The van der Waals surface area contributed by atoms with E-state index in [-0.39, 0.29) is 11.6 Å². The Kier molecular flexibility index (Phi) is 5.52. The molecule has 27 heavy (non-hydrogen) atoms. The minimum absolute atomic E-state index is 0.128. The first-order valence-corrected chi connectivity index (χ1v) is 8.72. The second-order valence-corrected chi connectivity index (χ2v) is 6.54. The number of nitrogens with one attached hydrogen (secondary N) is 2. The summed E-state index contributed by atoms with van der Waals surface area (Å²) >= 11 is 6.05. The highest BCUT2D eigenvalue weighted by atomic mass is 35.5. The molecule has 3 aromatic rings. The van der Waals surface area contributed by atoms with Crippen LogP contribution in [-0.2, 0) is 0 Å². The van der Waals surface area contributed by atoms with E-state index in [0.29, 0.717) is 16.3 Å². The highest BCUT2D eigenvalue weighted by Crippen LogP contribution is 2.21. The van der Waals surface area contributed by atoms with Gasteiger partial charge in [-0.3, -0.25) is 14.6 Å². The van der Waals surface area contributed by atoms with Crippen molar-refractivity contribution >= 4 is 34.8 Å². The number of pyridine rings is 1. The summed E-state index contributed by atoms with van der Waals surface area (Å²) in [7, 11) is 0. The molecule has 2 amide bonds. The number of amides is 2. The third-order valence-electron chi connectivity index (χ3n) is 4.01. The zero-order valence-electron chi connectivity index (χ0n) is 14.9. The summed E-state index contributed by atoms with van der Waals surface area (Å²) in [5, 5.41) is 5.98. The maximum absolute atomic E-state index is 12.5. The number of anilines is 2. The van der Waals surface area contributed by atoms with Crippen LogP contribution < -0.4 is 10.6 Å². The van der Waals surface area contributed by atoms with Crippen molar-refractivity contribution in [2.45, 2.75) is 13.8 Å². The lowest BCUT2D eigenvalue weighted by Crippen LogP contribution is -2.17. The normalized spacial score (nSPS) is 10.3. The number of hydrogen-bond acceptors (Lipinski definition) is 3. The molecule has 0 spiro atoms. The summed E-state index contributed by atoms with van der Waals surface area (Å²) in [5.41, 5.74) is 3.76. The third-order valence-corrected chi connectivity index (χ3v) is 4.34. The predicted octanol–water partition coefficient (Wildman–Crippen LogP) is 4.86. The van der Waals surface area contributed by atoms with E-state index >= 15 is 0 Å². The molecule has 0 atom stereocenters. The topological polar surface area (TPSA) is 71.1 Å². The molecule has 6 heteroatoms. The summed E-state index contributed by atoms with van der Waals surface area (Å²) in [6, 6.07) is 15.7. The Balaban J connectivity index is 1.77. The van der Waals surface area contributed by atoms with E-state index in [4.69, 9.17) is 11.6 Å². The van der Waals surface area contributed by atoms with Gasteiger partial charge in [0, 0.05) is 17.4 Å². The number of rotatable bonds is 4. The van der Waals surface area contributed by atoms with Crippen LogP contribution in [0, 0.1) is 13.8 Å². The Hall–Kier alpha value is -3.18. The van der Waals surface area contributed by atoms with Gasteiger partial charge < -0.3 is 10.6 Å². The Morgan fingerprint density at radius 1 is 0.889 bits per heavy atom. The molecule has 136 valence electrons. The van der Waals surface area contributed by atoms with Crippen molar-refractivity contribution in [1.29, 1.82) is 0 Å². The van der Waals surface area contributed by atoms with E-state index in [0.717, 1.165) is 16.8 Å². The van der Waals surface area contributed by atoms with E-state index in [1.165, 1.54) is 12.3 Å². The lowest BCUT2D eigenvalue weighted by molar-refractivity contribution is 0.102. The van der Waals surface area contributed by atoms with Crippen molar-refractivity contribution in [1.82, 2.24) is 4.98 Å². The maximum Gasteiger partial charge on any atom is 0.274 e. The van der Waals surface area contributed by atoms with E-state index < -0.39 is 5.91 Å². The zero-order chi connectivity index (χ0) is 19.4. The van der Waals surface area contributed by atoms with Gasteiger partial charge in [0.15, 0.2) is 0 Å². The fourth-order valence-electron chi connectivity index (χ4n) is 2.59. The standard InChI is InChI=1S/C21H18ClN3O2/c1-13-7-8-17(14(2)11-13)24-20(26)15-9-10-23-19(12-15)21(27)25-18-6-4-3-5-16(18)22/h3-12H,1-2H3,(H,24,26)(H,25,27). The van der Waals surface area contributed by atoms with Crippen molar-refractivity contribution < 1.29 is 9.59 Å². The molecule has 5 nitrogen and oxygen atoms in total. The van der Waals surface area contributed by atoms with E-state index in [9.17, 15) is 9.59 Å². The van der Waals surface area contributed by atoms with Gasteiger partial charge in [0.1, 0.15) is 5.69 Å². The number of hydrogen-bond donors (Lipinski definition) is 2. The molecule has 0 saturated heterocycles. The molecule has 2 N–H and O–H groups in total. The monoisotopic (exact) mass is 379 g/mol. The quantitative estimate of drug-likeness (QED) is 0.680. The van der Waals surface area contributed by atoms with Gasteiger partial charge in [-0.2, -0.15) is 0 Å².